The molecule has 0 heterocycles. The number of anilines is 1. The lowest BCUT2D eigenvalue weighted by Gasteiger charge is -2.30. The minimum Gasteiger partial charge on any atom is -0.396 e. The van der Waals surface area contributed by atoms with Crippen LogP contribution in [0.1, 0.15) is 31.2 Å². The van der Waals surface area contributed by atoms with Gasteiger partial charge in [0.15, 0.2) is 0 Å². The molecule has 0 saturated heterocycles. The van der Waals surface area contributed by atoms with Crippen LogP contribution in [0.3, 0.4) is 0 Å². The largest absolute Gasteiger partial charge is 0.396 e. The number of carbonyl (C=O) groups is 1. The number of nitrogens with one attached hydrogen (secondary N) is 2. The maximum Gasteiger partial charge on any atom is 0.319 e. The monoisotopic (exact) mass is 296 g/mol. The van der Waals surface area contributed by atoms with Gasteiger partial charge in [-0.1, -0.05) is 30.5 Å². The molecule has 1 fully saturated rings. The van der Waals surface area contributed by atoms with Crippen molar-refractivity contribution < 1.29 is 9.90 Å². The number of carbonyl (C=O) groups excluding carboxylic acids is 1. The first-order valence-electron chi connectivity index (χ1n) is 7.04. The van der Waals surface area contributed by atoms with Gasteiger partial charge in [-0.15, -0.1) is 0 Å². The molecule has 2 rings (SSSR count). The predicted octanol–water partition coefficient (Wildman–Crippen LogP) is 3.32. The van der Waals surface area contributed by atoms with Gasteiger partial charge in [-0.3, -0.25) is 0 Å². The van der Waals surface area contributed by atoms with E-state index < -0.39 is 0 Å². The van der Waals surface area contributed by atoms with E-state index in [1.54, 1.807) is 12.1 Å². The van der Waals surface area contributed by atoms with Crippen LogP contribution in [0.2, 0.25) is 5.02 Å². The molecular formula is C15H21ClN2O2. The summed E-state index contributed by atoms with van der Waals surface area (Å²) < 4.78 is 0. The number of aliphatic hydroxyl groups is 1. The smallest absolute Gasteiger partial charge is 0.319 e. The quantitative estimate of drug-likeness (QED) is 0.801. The first kappa shape index (κ1) is 15.1. The number of aliphatic hydroxyl groups excluding tert-OH is 1. The normalized spacial score (nSPS) is 22.4. The number of rotatable bonds is 3. The van der Waals surface area contributed by atoms with Crippen LogP contribution < -0.4 is 10.6 Å². The van der Waals surface area contributed by atoms with Crippen LogP contribution in [0.15, 0.2) is 18.2 Å². The average Bonchev–Trinajstić information content (AvgIpc) is 2.43. The average molecular weight is 297 g/mol. The predicted molar refractivity (Wildman–Crippen MR) is 81.2 cm³/mol. The molecule has 0 aromatic heterocycles. The Morgan fingerprint density at radius 2 is 2.15 bits per heavy atom. The second-order valence-electron chi connectivity index (χ2n) is 5.39. The highest BCUT2D eigenvalue weighted by Gasteiger charge is 2.25. The van der Waals surface area contributed by atoms with Gasteiger partial charge in [0.1, 0.15) is 0 Å². The van der Waals surface area contributed by atoms with Crippen molar-refractivity contribution in [1.82, 2.24) is 5.32 Å². The molecular weight excluding hydrogens is 276 g/mol. The summed E-state index contributed by atoms with van der Waals surface area (Å²) in [6.07, 6.45) is 4.11. The Balaban J connectivity index is 1.96. The lowest BCUT2D eigenvalue weighted by Crippen LogP contribution is -2.45. The lowest BCUT2D eigenvalue weighted by molar-refractivity contribution is 0.156. The van der Waals surface area contributed by atoms with Crippen LogP contribution in [0.4, 0.5) is 10.5 Å². The minimum atomic E-state index is -0.235. The van der Waals surface area contributed by atoms with Crippen LogP contribution >= 0.6 is 11.6 Å². The van der Waals surface area contributed by atoms with Crippen molar-refractivity contribution >= 4 is 23.3 Å². The third-order valence-corrected chi connectivity index (χ3v) is 4.14. The minimum absolute atomic E-state index is 0.0493. The SMILES string of the molecule is Cc1ccc(Cl)cc1NC(=O)NC1CCCCC1CO. The van der Waals surface area contributed by atoms with Crippen LogP contribution in [0.5, 0.6) is 0 Å². The molecule has 0 aliphatic heterocycles. The summed E-state index contributed by atoms with van der Waals surface area (Å²) in [5.74, 6) is 0.162. The van der Waals surface area contributed by atoms with Crippen molar-refractivity contribution in [2.75, 3.05) is 11.9 Å². The molecule has 0 radical (unpaired) electrons. The van der Waals surface area contributed by atoms with E-state index in [-0.39, 0.29) is 24.6 Å². The van der Waals surface area contributed by atoms with E-state index in [1.165, 1.54) is 0 Å². The first-order chi connectivity index (χ1) is 9.60. The molecule has 2 atom stereocenters. The third kappa shape index (κ3) is 3.87. The molecule has 1 aliphatic carbocycles. The van der Waals surface area contributed by atoms with Gasteiger partial charge in [-0.25, -0.2) is 4.79 Å². The Labute approximate surface area is 124 Å². The highest BCUT2D eigenvalue weighted by molar-refractivity contribution is 6.31. The lowest BCUT2D eigenvalue weighted by atomic mass is 9.85. The van der Waals surface area contributed by atoms with Gasteiger partial charge < -0.3 is 15.7 Å². The summed E-state index contributed by atoms with van der Waals surface area (Å²) in [5, 5.41) is 15.7. The van der Waals surface area contributed by atoms with Crippen molar-refractivity contribution in [3.8, 4) is 0 Å². The van der Waals surface area contributed by atoms with Gasteiger partial charge in [-0.2, -0.15) is 0 Å². The van der Waals surface area contributed by atoms with Crippen molar-refractivity contribution in [2.24, 2.45) is 5.92 Å². The summed E-state index contributed by atoms with van der Waals surface area (Å²) in [4.78, 5) is 12.1. The van der Waals surface area contributed by atoms with E-state index in [0.29, 0.717) is 10.7 Å². The maximum atomic E-state index is 12.1. The third-order valence-electron chi connectivity index (χ3n) is 3.91. The molecule has 5 heteroatoms. The van der Waals surface area contributed by atoms with Crippen LogP contribution in [0, 0.1) is 12.8 Å². The van der Waals surface area contributed by atoms with Crippen molar-refractivity contribution in [3.05, 3.63) is 28.8 Å². The summed E-state index contributed by atoms with van der Waals surface area (Å²) in [6.45, 7) is 2.05. The summed E-state index contributed by atoms with van der Waals surface area (Å²) >= 11 is 5.93. The zero-order valence-corrected chi connectivity index (χ0v) is 12.4. The van der Waals surface area contributed by atoms with Crippen LogP contribution in [-0.2, 0) is 0 Å². The fourth-order valence-electron chi connectivity index (χ4n) is 2.67. The highest BCUT2D eigenvalue weighted by atomic mass is 35.5. The zero-order valence-electron chi connectivity index (χ0n) is 11.7. The maximum absolute atomic E-state index is 12.1. The second kappa shape index (κ2) is 6.95. The molecule has 110 valence electrons. The molecule has 1 aliphatic rings. The van der Waals surface area contributed by atoms with Gasteiger partial charge in [0.05, 0.1) is 0 Å². The van der Waals surface area contributed by atoms with Crippen molar-refractivity contribution in [2.45, 2.75) is 38.6 Å². The topological polar surface area (TPSA) is 61.4 Å². The Bertz CT molecular complexity index is 479. The van der Waals surface area contributed by atoms with Crippen LogP contribution in [-0.4, -0.2) is 23.8 Å². The Morgan fingerprint density at radius 1 is 1.40 bits per heavy atom. The van der Waals surface area contributed by atoms with E-state index in [0.717, 1.165) is 31.2 Å². The fourth-order valence-corrected chi connectivity index (χ4v) is 2.84. The number of amides is 2. The molecule has 3 N–H and O–H groups in total. The van der Waals surface area contributed by atoms with Gasteiger partial charge in [0.25, 0.3) is 0 Å². The van der Waals surface area contributed by atoms with Crippen LogP contribution in [0.25, 0.3) is 0 Å². The number of hydrogen-bond acceptors (Lipinski definition) is 2. The molecule has 20 heavy (non-hydrogen) atoms. The van der Waals surface area contributed by atoms with Gasteiger partial charge >= 0.3 is 6.03 Å². The number of urea groups is 1. The van der Waals surface area contributed by atoms with Gasteiger partial charge in [0, 0.05) is 29.3 Å². The highest BCUT2D eigenvalue weighted by Crippen LogP contribution is 2.24. The molecule has 2 amide bonds. The Morgan fingerprint density at radius 3 is 2.90 bits per heavy atom. The van der Waals surface area contributed by atoms with Crippen molar-refractivity contribution in [1.29, 1.82) is 0 Å². The second-order valence-corrected chi connectivity index (χ2v) is 5.83. The van der Waals surface area contributed by atoms with Crippen molar-refractivity contribution in [3.63, 3.8) is 0 Å². The molecule has 2 unspecified atom stereocenters. The van der Waals surface area contributed by atoms with E-state index in [9.17, 15) is 9.90 Å². The number of aryl methyl sites for hydroxylation is 1. The first-order valence-corrected chi connectivity index (χ1v) is 7.42. The molecule has 0 bridgehead atoms. The summed E-state index contributed by atoms with van der Waals surface area (Å²) in [5.41, 5.74) is 1.68. The standard InChI is InChI=1S/C15H21ClN2O2/c1-10-6-7-12(16)8-14(10)18-15(20)17-13-5-3-2-4-11(13)9-19/h6-8,11,13,19H,2-5,9H2,1H3,(H2,17,18,20). The zero-order chi connectivity index (χ0) is 14.5. The summed E-state index contributed by atoms with van der Waals surface area (Å²) in [7, 11) is 0. The van der Waals surface area contributed by atoms with E-state index in [2.05, 4.69) is 10.6 Å². The summed E-state index contributed by atoms with van der Waals surface area (Å²) in [6, 6.07) is 5.22. The molecule has 1 aromatic carbocycles. The van der Waals surface area contributed by atoms with Gasteiger partial charge in [0.2, 0.25) is 0 Å². The van der Waals surface area contributed by atoms with Gasteiger partial charge in [-0.05, 0) is 37.5 Å². The van der Waals surface area contributed by atoms with E-state index in [1.807, 2.05) is 13.0 Å². The Kier molecular flexibility index (Phi) is 5.26. The molecule has 1 aromatic rings. The molecule has 4 nitrogen and oxygen atoms in total. The molecule has 1 saturated carbocycles. The number of benzene rings is 1. The number of halogens is 1. The van der Waals surface area contributed by atoms with E-state index >= 15 is 0 Å². The number of hydrogen-bond donors (Lipinski definition) is 3. The van der Waals surface area contributed by atoms with E-state index in [4.69, 9.17) is 11.6 Å². The Hall–Kier alpha value is -1.26. The fraction of sp³-hybridized carbons (Fsp3) is 0.533. The molecule has 0 spiro atoms.